The third-order valence-electron chi connectivity index (χ3n) is 2.50. The average molecular weight is 250 g/mol. The van der Waals surface area contributed by atoms with E-state index in [0.717, 1.165) is 11.1 Å². The monoisotopic (exact) mass is 250 g/mol. The molecule has 0 atom stereocenters. The number of nitrogens with one attached hydrogen (secondary N) is 1. The van der Waals surface area contributed by atoms with E-state index in [9.17, 15) is 4.79 Å². The van der Waals surface area contributed by atoms with E-state index in [1.165, 1.54) is 0 Å². The predicted molar refractivity (Wildman–Crippen MR) is 73.7 cm³/mol. The smallest absolute Gasteiger partial charge is 0.257 e. The molecule has 100 valence electrons. The molecule has 0 bridgehead atoms. The minimum atomic E-state index is -0.122. The number of nitrogens with two attached hydrogens (primary N) is 1. The number of ether oxygens (including phenoxy) is 1. The molecule has 0 spiro atoms. The largest absolute Gasteiger partial charge is 0.481 e. The molecule has 3 N–H and O–H groups in total. The Hall–Kier alpha value is -1.71. The lowest BCUT2D eigenvalue weighted by Crippen LogP contribution is -2.31. The van der Waals surface area contributed by atoms with Crippen molar-refractivity contribution >= 4 is 11.6 Å². The number of carbonyl (C=O) groups is 1. The molecule has 0 aliphatic rings. The summed E-state index contributed by atoms with van der Waals surface area (Å²) in [7, 11) is 0. The summed E-state index contributed by atoms with van der Waals surface area (Å²) in [6.45, 7) is 8.64. The molecule has 0 unspecified atom stereocenters. The Morgan fingerprint density at radius 3 is 2.61 bits per heavy atom. The molecular formula is C14H22N2O2. The third-order valence-corrected chi connectivity index (χ3v) is 2.50. The van der Waals surface area contributed by atoms with Gasteiger partial charge < -0.3 is 15.8 Å². The fraction of sp³-hybridized carbons (Fsp3) is 0.500. The SMILES string of the molecule is Cc1cc(C)c(OCC(=O)NCC(C)C)c(N)c1. The van der Waals surface area contributed by atoms with Gasteiger partial charge in [0.05, 0.1) is 5.69 Å². The second kappa shape index (κ2) is 6.28. The van der Waals surface area contributed by atoms with Crippen LogP contribution in [0.25, 0.3) is 0 Å². The van der Waals surface area contributed by atoms with Gasteiger partial charge >= 0.3 is 0 Å². The first-order valence-corrected chi connectivity index (χ1v) is 6.16. The lowest BCUT2D eigenvalue weighted by atomic mass is 10.1. The van der Waals surface area contributed by atoms with Gasteiger partial charge in [-0.25, -0.2) is 0 Å². The average Bonchev–Trinajstić information content (AvgIpc) is 2.24. The lowest BCUT2D eigenvalue weighted by Gasteiger charge is -2.13. The van der Waals surface area contributed by atoms with Crippen LogP contribution >= 0.6 is 0 Å². The summed E-state index contributed by atoms with van der Waals surface area (Å²) in [5.41, 5.74) is 8.48. The summed E-state index contributed by atoms with van der Waals surface area (Å²) < 4.78 is 5.48. The number of nitrogen functional groups attached to an aromatic ring is 1. The van der Waals surface area contributed by atoms with Gasteiger partial charge in [-0.15, -0.1) is 0 Å². The van der Waals surface area contributed by atoms with Crippen LogP contribution in [-0.2, 0) is 4.79 Å². The minimum Gasteiger partial charge on any atom is -0.481 e. The second-order valence-corrected chi connectivity index (χ2v) is 4.99. The van der Waals surface area contributed by atoms with Gasteiger partial charge in [0.25, 0.3) is 5.91 Å². The maximum absolute atomic E-state index is 11.5. The van der Waals surface area contributed by atoms with Gasteiger partial charge in [0.2, 0.25) is 0 Å². The molecule has 0 radical (unpaired) electrons. The number of hydrogen-bond acceptors (Lipinski definition) is 3. The lowest BCUT2D eigenvalue weighted by molar-refractivity contribution is -0.123. The Kier molecular flexibility index (Phi) is 5.01. The predicted octanol–water partition coefficient (Wildman–Crippen LogP) is 2.04. The molecule has 1 rings (SSSR count). The second-order valence-electron chi connectivity index (χ2n) is 4.99. The van der Waals surface area contributed by atoms with Gasteiger partial charge in [0.1, 0.15) is 5.75 Å². The Labute approximate surface area is 109 Å². The summed E-state index contributed by atoms with van der Waals surface area (Å²) in [6, 6.07) is 3.83. The molecule has 0 heterocycles. The zero-order valence-corrected chi connectivity index (χ0v) is 11.5. The first-order valence-electron chi connectivity index (χ1n) is 6.16. The van der Waals surface area contributed by atoms with Crippen molar-refractivity contribution in [2.24, 2.45) is 5.92 Å². The molecule has 4 nitrogen and oxygen atoms in total. The van der Waals surface area contributed by atoms with Crippen molar-refractivity contribution in [3.05, 3.63) is 23.3 Å². The summed E-state index contributed by atoms with van der Waals surface area (Å²) in [5.74, 6) is 0.906. The van der Waals surface area contributed by atoms with Gasteiger partial charge in [0.15, 0.2) is 6.61 Å². The molecule has 0 fully saturated rings. The fourth-order valence-electron chi connectivity index (χ4n) is 1.69. The molecule has 1 aromatic rings. The number of anilines is 1. The van der Waals surface area contributed by atoms with Crippen LogP contribution in [0.1, 0.15) is 25.0 Å². The van der Waals surface area contributed by atoms with E-state index in [1.807, 2.05) is 39.8 Å². The number of rotatable bonds is 5. The highest BCUT2D eigenvalue weighted by atomic mass is 16.5. The van der Waals surface area contributed by atoms with Gasteiger partial charge in [-0.3, -0.25) is 4.79 Å². The van der Waals surface area contributed by atoms with Crippen LogP contribution in [0.5, 0.6) is 5.75 Å². The molecule has 1 aromatic carbocycles. The first-order chi connectivity index (χ1) is 8.40. The quantitative estimate of drug-likeness (QED) is 0.786. The zero-order chi connectivity index (χ0) is 13.7. The van der Waals surface area contributed by atoms with Gasteiger partial charge in [-0.05, 0) is 37.0 Å². The molecule has 18 heavy (non-hydrogen) atoms. The van der Waals surface area contributed by atoms with E-state index in [1.54, 1.807) is 0 Å². The van der Waals surface area contributed by atoms with E-state index in [-0.39, 0.29) is 12.5 Å². The molecule has 0 saturated heterocycles. The Morgan fingerprint density at radius 2 is 2.06 bits per heavy atom. The summed E-state index contributed by atoms with van der Waals surface area (Å²) in [6.07, 6.45) is 0. The number of carbonyl (C=O) groups excluding carboxylic acids is 1. The molecule has 1 amide bonds. The van der Waals surface area contributed by atoms with Crippen molar-refractivity contribution in [1.29, 1.82) is 0 Å². The highest BCUT2D eigenvalue weighted by Gasteiger charge is 2.08. The van der Waals surface area contributed by atoms with Crippen molar-refractivity contribution in [2.45, 2.75) is 27.7 Å². The van der Waals surface area contributed by atoms with Crippen molar-refractivity contribution in [3.8, 4) is 5.75 Å². The highest BCUT2D eigenvalue weighted by molar-refractivity contribution is 5.77. The van der Waals surface area contributed by atoms with E-state index < -0.39 is 0 Å². The van der Waals surface area contributed by atoms with Crippen LogP contribution < -0.4 is 15.8 Å². The van der Waals surface area contributed by atoms with Crippen LogP contribution in [0, 0.1) is 19.8 Å². The number of aryl methyl sites for hydroxylation is 2. The molecule has 0 aliphatic heterocycles. The molecule has 0 aliphatic carbocycles. The van der Waals surface area contributed by atoms with Crippen LogP contribution in [0.3, 0.4) is 0 Å². The first kappa shape index (κ1) is 14.4. The molecule has 0 saturated carbocycles. The van der Waals surface area contributed by atoms with Gasteiger partial charge in [-0.1, -0.05) is 19.9 Å². The zero-order valence-electron chi connectivity index (χ0n) is 11.5. The van der Waals surface area contributed by atoms with E-state index in [0.29, 0.717) is 23.9 Å². The Balaban J connectivity index is 2.56. The van der Waals surface area contributed by atoms with Crippen molar-refractivity contribution in [1.82, 2.24) is 5.32 Å². The Bertz CT molecular complexity index is 405. The van der Waals surface area contributed by atoms with Crippen LogP contribution in [0.15, 0.2) is 12.1 Å². The molecular weight excluding hydrogens is 228 g/mol. The van der Waals surface area contributed by atoms with E-state index in [4.69, 9.17) is 10.5 Å². The minimum absolute atomic E-state index is 0.000814. The molecule has 0 aromatic heterocycles. The number of hydrogen-bond donors (Lipinski definition) is 2. The highest BCUT2D eigenvalue weighted by Crippen LogP contribution is 2.27. The summed E-state index contributed by atoms with van der Waals surface area (Å²) in [5, 5.41) is 2.80. The van der Waals surface area contributed by atoms with Crippen molar-refractivity contribution in [2.75, 3.05) is 18.9 Å². The standard InChI is InChI=1S/C14H22N2O2/c1-9(2)7-16-13(17)8-18-14-11(4)5-10(3)6-12(14)15/h5-6,9H,7-8,15H2,1-4H3,(H,16,17). The van der Waals surface area contributed by atoms with Gasteiger partial charge in [-0.2, -0.15) is 0 Å². The normalized spacial score (nSPS) is 10.5. The van der Waals surface area contributed by atoms with Gasteiger partial charge in [0, 0.05) is 6.54 Å². The third kappa shape index (κ3) is 4.28. The van der Waals surface area contributed by atoms with Crippen LogP contribution in [-0.4, -0.2) is 19.1 Å². The van der Waals surface area contributed by atoms with Crippen molar-refractivity contribution in [3.63, 3.8) is 0 Å². The summed E-state index contributed by atoms with van der Waals surface area (Å²) in [4.78, 5) is 11.5. The number of benzene rings is 1. The summed E-state index contributed by atoms with van der Waals surface area (Å²) >= 11 is 0. The Morgan fingerprint density at radius 1 is 1.39 bits per heavy atom. The van der Waals surface area contributed by atoms with E-state index >= 15 is 0 Å². The molecule has 4 heteroatoms. The maximum atomic E-state index is 11.5. The number of amides is 1. The maximum Gasteiger partial charge on any atom is 0.257 e. The van der Waals surface area contributed by atoms with Crippen molar-refractivity contribution < 1.29 is 9.53 Å². The van der Waals surface area contributed by atoms with E-state index in [2.05, 4.69) is 5.32 Å². The van der Waals surface area contributed by atoms with Crippen LogP contribution in [0.2, 0.25) is 0 Å². The fourth-order valence-corrected chi connectivity index (χ4v) is 1.69. The topological polar surface area (TPSA) is 64.3 Å². The van der Waals surface area contributed by atoms with Crippen LogP contribution in [0.4, 0.5) is 5.69 Å².